The number of amides is 2. The summed E-state index contributed by atoms with van der Waals surface area (Å²) >= 11 is 1.39. The molecule has 27 heavy (non-hydrogen) atoms. The van der Waals surface area contributed by atoms with Gasteiger partial charge >= 0.3 is 5.97 Å². The summed E-state index contributed by atoms with van der Waals surface area (Å²) in [6.07, 6.45) is 0.270. The van der Waals surface area contributed by atoms with E-state index in [-0.39, 0.29) is 35.9 Å². The summed E-state index contributed by atoms with van der Waals surface area (Å²) in [5.41, 5.74) is -0.0334. The van der Waals surface area contributed by atoms with E-state index >= 15 is 0 Å². The zero-order valence-electron chi connectivity index (χ0n) is 15.4. The minimum atomic E-state index is -1.15. The maximum atomic E-state index is 12.4. The van der Waals surface area contributed by atoms with Crippen LogP contribution in [0.3, 0.4) is 0 Å². The van der Waals surface area contributed by atoms with Crippen molar-refractivity contribution in [3.63, 3.8) is 0 Å². The van der Waals surface area contributed by atoms with Gasteiger partial charge in [-0.05, 0) is 23.1 Å². The fourth-order valence-electron chi connectivity index (χ4n) is 3.17. The summed E-state index contributed by atoms with van der Waals surface area (Å²) in [4.78, 5) is 37.6. The number of rotatable bonds is 5. The molecule has 0 aromatic heterocycles. The highest BCUT2D eigenvalue weighted by Crippen LogP contribution is 2.48. The van der Waals surface area contributed by atoms with Gasteiger partial charge in [0.25, 0.3) is 5.91 Å². The number of thioether (sulfide) groups is 1. The molecule has 1 saturated heterocycles. The molecular formula is C19H22N2O5S. The number of fused-ring (bicyclic) bond motifs is 1. The van der Waals surface area contributed by atoms with Gasteiger partial charge in [0.15, 0.2) is 6.61 Å². The highest BCUT2D eigenvalue weighted by molar-refractivity contribution is 8.00. The first-order chi connectivity index (χ1) is 12.7. The SMILES string of the molecule is CC(C)(C)C1=C(C(=O)O)N2C(=O)C[C@H]2SC1NC(=O)COc1ccccc1. The first kappa shape index (κ1) is 19.3. The quantitative estimate of drug-likeness (QED) is 0.749. The van der Waals surface area contributed by atoms with E-state index in [0.717, 1.165) is 0 Å². The van der Waals surface area contributed by atoms with E-state index in [1.165, 1.54) is 16.7 Å². The van der Waals surface area contributed by atoms with Gasteiger partial charge in [0, 0.05) is 0 Å². The standard InChI is InChI=1S/C19H22N2O5S/c1-19(2,3)15-16(18(24)25)21-13(23)9-14(21)27-17(15)20-12(22)10-26-11-7-5-4-6-8-11/h4-8,14,17H,9-10H2,1-3H3,(H,20,22)(H,24,25)/t14-,17?/m1/s1. The van der Waals surface area contributed by atoms with E-state index in [2.05, 4.69) is 5.32 Å². The van der Waals surface area contributed by atoms with Gasteiger partial charge in [0.2, 0.25) is 5.91 Å². The van der Waals surface area contributed by atoms with Crippen LogP contribution in [-0.4, -0.2) is 45.1 Å². The van der Waals surface area contributed by atoms with Crippen molar-refractivity contribution in [1.29, 1.82) is 0 Å². The Bertz CT molecular complexity index is 800. The van der Waals surface area contributed by atoms with E-state index in [4.69, 9.17) is 4.74 Å². The first-order valence-corrected chi connectivity index (χ1v) is 9.55. The van der Waals surface area contributed by atoms with E-state index in [0.29, 0.717) is 11.3 Å². The van der Waals surface area contributed by atoms with E-state index < -0.39 is 16.8 Å². The van der Waals surface area contributed by atoms with Crippen LogP contribution in [0.15, 0.2) is 41.6 Å². The summed E-state index contributed by atoms with van der Waals surface area (Å²) in [6, 6.07) is 8.98. The molecule has 2 amide bonds. The van der Waals surface area contributed by atoms with Crippen LogP contribution in [0.4, 0.5) is 0 Å². The van der Waals surface area contributed by atoms with Crippen LogP contribution in [-0.2, 0) is 14.4 Å². The summed E-state index contributed by atoms with van der Waals surface area (Å²) < 4.78 is 5.47. The van der Waals surface area contributed by atoms with Crippen LogP contribution in [0.25, 0.3) is 0 Å². The minimum Gasteiger partial charge on any atom is -0.484 e. The fraction of sp³-hybridized carbons (Fsp3) is 0.421. The molecule has 2 heterocycles. The van der Waals surface area contributed by atoms with Crippen LogP contribution in [0.1, 0.15) is 27.2 Å². The minimum absolute atomic E-state index is 0.0169. The van der Waals surface area contributed by atoms with Crippen molar-refractivity contribution < 1.29 is 24.2 Å². The van der Waals surface area contributed by atoms with Crippen LogP contribution in [0.5, 0.6) is 5.75 Å². The van der Waals surface area contributed by atoms with Crippen molar-refractivity contribution in [2.75, 3.05) is 6.61 Å². The second kappa shape index (κ2) is 7.26. The van der Waals surface area contributed by atoms with Gasteiger partial charge in [-0.3, -0.25) is 14.5 Å². The molecule has 2 N–H and O–H groups in total. The van der Waals surface area contributed by atoms with E-state index in [1.54, 1.807) is 12.1 Å². The maximum absolute atomic E-state index is 12.4. The Labute approximate surface area is 161 Å². The number of benzene rings is 1. The number of aliphatic carboxylic acids is 1. The molecule has 0 spiro atoms. The Hall–Kier alpha value is -2.48. The monoisotopic (exact) mass is 390 g/mol. The average molecular weight is 390 g/mol. The summed E-state index contributed by atoms with van der Waals surface area (Å²) in [5.74, 6) is -1.12. The van der Waals surface area contributed by atoms with Crippen LogP contribution in [0, 0.1) is 5.41 Å². The number of hydrogen-bond acceptors (Lipinski definition) is 5. The van der Waals surface area contributed by atoms with Crippen LogP contribution >= 0.6 is 11.8 Å². The van der Waals surface area contributed by atoms with Gasteiger partial charge in [0.05, 0.1) is 11.8 Å². The molecule has 7 nitrogen and oxygen atoms in total. The summed E-state index contributed by atoms with van der Waals surface area (Å²) in [6.45, 7) is 5.44. The van der Waals surface area contributed by atoms with Crippen molar-refractivity contribution in [1.82, 2.24) is 10.2 Å². The second-order valence-electron chi connectivity index (χ2n) is 7.43. The molecule has 144 valence electrons. The van der Waals surface area contributed by atoms with Crippen LogP contribution in [0.2, 0.25) is 0 Å². The molecule has 0 aliphatic carbocycles. The maximum Gasteiger partial charge on any atom is 0.352 e. The van der Waals surface area contributed by atoms with Gasteiger partial charge in [0.1, 0.15) is 16.8 Å². The summed E-state index contributed by atoms with van der Waals surface area (Å²) in [5, 5.41) is 11.8. The number of carbonyl (C=O) groups is 3. The Morgan fingerprint density at radius 3 is 2.52 bits per heavy atom. The van der Waals surface area contributed by atoms with E-state index in [9.17, 15) is 19.5 Å². The molecule has 2 atom stereocenters. The Morgan fingerprint density at radius 1 is 1.30 bits per heavy atom. The predicted octanol–water partition coefficient (Wildman–Crippen LogP) is 2.20. The van der Waals surface area contributed by atoms with Crippen molar-refractivity contribution in [2.24, 2.45) is 5.41 Å². The van der Waals surface area contributed by atoms with Gasteiger partial charge < -0.3 is 15.2 Å². The zero-order valence-corrected chi connectivity index (χ0v) is 16.2. The largest absolute Gasteiger partial charge is 0.484 e. The Morgan fingerprint density at radius 2 is 1.96 bits per heavy atom. The number of hydrogen-bond donors (Lipinski definition) is 2. The molecule has 3 rings (SSSR count). The van der Waals surface area contributed by atoms with Crippen molar-refractivity contribution >= 4 is 29.5 Å². The zero-order chi connectivity index (χ0) is 19.8. The number of carboxylic acid groups (broad SMARTS) is 1. The smallest absolute Gasteiger partial charge is 0.352 e. The molecule has 0 saturated carbocycles. The highest BCUT2D eigenvalue weighted by atomic mass is 32.2. The van der Waals surface area contributed by atoms with Crippen molar-refractivity contribution in [3.05, 3.63) is 41.6 Å². The molecule has 1 aromatic carbocycles. The molecule has 8 heteroatoms. The topological polar surface area (TPSA) is 95.9 Å². The molecule has 2 aliphatic heterocycles. The molecule has 1 unspecified atom stereocenters. The van der Waals surface area contributed by atoms with Gasteiger partial charge in [-0.1, -0.05) is 39.0 Å². The molecule has 2 aliphatic rings. The van der Waals surface area contributed by atoms with Gasteiger partial charge in [-0.2, -0.15) is 0 Å². The molecule has 0 bridgehead atoms. The highest BCUT2D eigenvalue weighted by Gasteiger charge is 2.50. The third-order valence-corrected chi connectivity index (χ3v) is 5.69. The number of para-hydroxylation sites is 1. The fourth-order valence-corrected chi connectivity index (χ4v) is 4.87. The van der Waals surface area contributed by atoms with Crippen molar-refractivity contribution in [2.45, 2.75) is 37.9 Å². The molecule has 1 aromatic rings. The molecular weight excluding hydrogens is 368 g/mol. The lowest BCUT2D eigenvalue weighted by molar-refractivity contribution is -0.146. The number of β-lactam (4-membered cyclic amide) rings is 1. The second-order valence-corrected chi connectivity index (χ2v) is 8.71. The van der Waals surface area contributed by atoms with Crippen molar-refractivity contribution in [3.8, 4) is 5.75 Å². The van der Waals surface area contributed by atoms with Gasteiger partial charge in [-0.25, -0.2) is 4.79 Å². The third kappa shape index (κ3) is 3.95. The normalized spacial score (nSPS) is 22.0. The lowest BCUT2D eigenvalue weighted by atomic mass is 9.83. The van der Waals surface area contributed by atoms with Gasteiger partial charge in [-0.15, -0.1) is 11.8 Å². The lowest BCUT2D eigenvalue weighted by Crippen LogP contribution is -2.58. The van der Waals surface area contributed by atoms with E-state index in [1.807, 2.05) is 39.0 Å². The Kier molecular flexibility index (Phi) is 5.19. The average Bonchev–Trinajstić information content (AvgIpc) is 2.58. The third-order valence-electron chi connectivity index (χ3n) is 4.37. The Balaban J connectivity index is 1.80. The number of carbonyl (C=O) groups excluding carboxylic acids is 2. The number of carboxylic acids is 1. The number of ether oxygens (including phenoxy) is 1. The lowest BCUT2D eigenvalue weighted by Gasteiger charge is -2.49. The van der Waals surface area contributed by atoms with Crippen LogP contribution < -0.4 is 10.1 Å². The molecule has 1 fully saturated rings. The predicted molar refractivity (Wildman–Crippen MR) is 101 cm³/mol. The molecule has 0 radical (unpaired) electrons. The number of nitrogens with one attached hydrogen (secondary N) is 1. The first-order valence-electron chi connectivity index (χ1n) is 8.61. The summed E-state index contributed by atoms with van der Waals surface area (Å²) in [7, 11) is 0. The number of nitrogens with zero attached hydrogens (tertiary/aromatic N) is 1.